The van der Waals surface area contributed by atoms with Crippen molar-refractivity contribution in [3.05, 3.63) is 35.9 Å². The van der Waals surface area contributed by atoms with Crippen LogP contribution in [0, 0.1) is 0 Å². The molecule has 0 radical (unpaired) electrons. The van der Waals surface area contributed by atoms with Gasteiger partial charge in [0.15, 0.2) is 0 Å². The average Bonchev–Trinajstić information content (AvgIpc) is 2.38. The van der Waals surface area contributed by atoms with Crippen LogP contribution in [0.2, 0.25) is 0 Å². The number of carbonyl (C=O) groups is 1. The molecule has 1 rings (SSSR count). The number of Topliss-reactive ketones (excluding diaryl/α,β-unsaturated/α-hetero) is 1. The summed E-state index contributed by atoms with van der Waals surface area (Å²) >= 11 is 0. The zero-order valence-corrected chi connectivity index (χ0v) is 12.7. The van der Waals surface area contributed by atoms with Crippen LogP contribution in [-0.2, 0) is 26.0 Å². The number of rotatable bonds is 8. The first kappa shape index (κ1) is 19.7. The Hall–Kier alpha value is -1.31. The summed E-state index contributed by atoms with van der Waals surface area (Å²) in [5.41, 5.74) is 1.09. The Bertz CT molecular complexity index is 354. The van der Waals surface area contributed by atoms with E-state index in [0.717, 1.165) is 5.56 Å². The lowest BCUT2D eigenvalue weighted by Crippen LogP contribution is -2.14. The first-order valence-electron chi connectivity index (χ1n) is 6.72. The van der Waals surface area contributed by atoms with E-state index in [1.165, 1.54) is 0 Å². The minimum absolute atomic E-state index is 0.0415. The highest BCUT2D eigenvalue weighted by molar-refractivity contribution is 5.78. The Morgan fingerprint density at radius 1 is 1.05 bits per heavy atom. The van der Waals surface area contributed by atoms with Crippen LogP contribution in [0.3, 0.4) is 0 Å². The predicted molar refractivity (Wildman–Crippen MR) is 77.2 cm³/mol. The molecule has 1 aromatic carbocycles. The molecule has 21 heavy (non-hydrogen) atoms. The average molecular weight is 300 g/mol. The molecule has 0 saturated heterocycles. The molecule has 0 spiro atoms. The van der Waals surface area contributed by atoms with Gasteiger partial charge in [0, 0.05) is 6.42 Å². The largest absolute Gasteiger partial charge is 0.391 e. The molecule has 0 fully saturated rings. The molecule has 0 heterocycles. The number of ketones is 1. The van der Waals surface area contributed by atoms with Crippen molar-refractivity contribution in [3.8, 4) is 0 Å². The minimum atomic E-state index is -0.592. The molecule has 2 unspecified atom stereocenters. The molecule has 6 heteroatoms. The summed E-state index contributed by atoms with van der Waals surface area (Å²) in [6.45, 7) is 4.79. The summed E-state index contributed by atoms with van der Waals surface area (Å²) in [7, 11) is 0. The normalized spacial score (nSPS) is 13.0. The third-order valence-electron chi connectivity index (χ3n) is 2.01. The second-order valence-electron chi connectivity index (χ2n) is 4.70. The Kier molecular flexibility index (Phi) is 11.7. The molecular formula is C15H24O6. The molecule has 120 valence electrons. The van der Waals surface area contributed by atoms with Crippen molar-refractivity contribution in [1.82, 2.24) is 0 Å². The van der Waals surface area contributed by atoms with E-state index >= 15 is 0 Å². The van der Waals surface area contributed by atoms with Crippen molar-refractivity contribution in [2.75, 3.05) is 13.2 Å². The summed E-state index contributed by atoms with van der Waals surface area (Å²) in [6, 6.07) is 9.75. The summed E-state index contributed by atoms with van der Waals surface area (Å²) in [5, 5.41) is 21.4. The molecule has 0 saturated carbocycles. The molecular weight excluding hydrogens is 276 g/mol. The Balaban J connectivity index is 0.000000382. The standard InChI is InChI=1S/C9H10O.C6H14O5/c1-8(10)7-9-5-3-2-4-6-9;1-5(7)3-9-11-10-4-6(2)8/h2-6H,7H2,1H3;5-8H,3-4H2,1-2H3. The zero-order valence-electron chi connectivity index (χ0n) is 12.7. The maximum Gasteiger partial charge on any atom is 0.134 e. The summed E-state index contributed by atoms with van der Waals surface area (Å²) < 4.78 is 0. The van der Waals surface area contributed by atoms with Gasteiger partial charge in [0.05, 0.1) is 12.2 Å². The van der Waals surface area contributed by atoms with Crippen LogP contribution < -0.4 is 0 Å². The molecule has 2 atom stereocenters. The maximum atomic E-state index is 10.6. The zero-order chi connectivity index (χ0) is 16.1. The van der Waals surface area contributed by atoms with E-state index in [-0.39, 0.29) is 19.0 Å². The number of hydrogen-bond acceptors (Lipinski definition) is 6. The second-order valence-corrected chi connectivity index (χ2v) is 4.70. The molecule has 0 aromatic heterocycles. The first-order chi connectivity index (χ1) is 9.91. The van der Waals surface area contributed by atoms with Crippen LogP contribution in [0.15, 0.2) is 30.3 Å². The lowest BCUT2D eigenvalue weighted by molar-refractivity contribution is -0.517. The summed E-state index contributed by atoms with van der Waals surface area (Å²) in [4.78, 5) is 19.3. The Labute approximate surface area is 125 Å². The fourth-order valence-corrected chi connectivity index (χ4v) is 1.17. The van der Waals surface area contributed by atoms with Gasteiger partial charge in [-0.25, -0.2) is 9.78 Å². The van der Waals surface area contributed by atoms with E-state index in [1.54, 1.807) is 20.8 Å². The van der Waals surface area contributed by atoms with Gasteiger partial charge in [-0.15, -0.1) is 0 Å². The topological polar surface area (TPSA) is 85.2 Å². The van der Waals surface area contributed by atoms with E-state index in [0.29, 0.717) is 6.42 Å². The summed E-state index contributed by atoms with van der Waals surface area (Å²) in [6.07, 6.45) is -0.629. The Morgan fingerprint density at radius 3 is 1.90 bits per heavy atom. The van der Waals surface area contributed by atoms with E-state index in [9.17, 15) is 4.79 Å². The second kappa shape index (κ2) is 12.4. The predicted octanol–water partition coefficient (Wildman–Crippen LogP) is 1.45. The van der Waals surface area contributed by atoms with Crippen molar-refractivity contribution in [3.63, 3.8) is 0 Å². The third kappa shape index (κ3) is 14.9. The van der Waals surface area contributed by atoms with Crippen molar-refractivity contribution < 1.29 is 29.8 Å². The molecule has 0 aliphatic heterocycles. The van der Waals surface area contributed by atoms with Crippen molar-refractivity contribution in [2.45, 2.75) is 39.4 Å². The molecule has 0 aliphatic rings. The number of hydrogen-bond donors (Lipinski definition) is 2. The van der Waals surface area contributed by atoms with Gasteiger partial charge in [0.25, 0.3) is 0 Å². The highest BCUT2D eigenvalue weighted by Gasteiger charge is 1.98. The van der Waals surface area contributed by atoms with Crippen molar-refractivity contribution in [2.24, 2.45) is 0 Å². The fraction of sp³-hybridized carbons (Fsp3) is 0.533. The minimum Gasteiger partial charge on any atom is -0.391 e. The molecule has 0 amide bonds. The van der Waals surface area contributed by atoms with E-state index < -0.39 is 12.2 Å². The monoisotopic (exact) mass is 300 g/mol. The first-order valence-corrected chi connectivity index (χ1v) is 6.72. The highest BCUT2D eigenvalue weighted by atomic mass is 17.5. The van der Waals surface area contributed by atoms with Gasteiger partial charge >= 0.3 is 0 Å². The van der Waals surface area contributed by atoms with Crippen LogP contribution in [0.25, 0.3) is 0 Å². The van der Waals surface area contributed by atoms with Crippen molar-refractivity contribution in [1.29, 1.82) is 0 Å². The number of aliphatic hydroxyl groups is 2. The summed E-state index contributed by atoms with van der Waals surface area (Å²) in [5.74, 6) is 0.214. The van der Waals surface area contributed by atoms with Gasteiger partial charge in [0.2, 0.25) is 0 Å². The van der Waals surface area contributed by atoms with Crippen LogP contribution in [0.4, 0.5) is 0 Å². The number of benzene rings is 1. The molecule has 6 nitrogen and oxygen atoms in total. The van der Waals surface area contributed by atoms with Gasteiger partial charge in [-0.05, 0) is 26.3 Å². The molecule has 1 aromatic rings. The van der Waals surface area contributed by atoms with E-state index in [2.05, 4.69) is 14.8 Å². The van der Waals surface area contributed by atoms with Gasteiger partial charge in [-0.3, -0.25) is 4.79 Å². The number of aliphatic hydroxyl groups excluding tert-OH is 2. The lowest BCUT2D eigenvalue weighted by Gasteiger charge is -2.05. The van der Waals surface area contributed by atoms with Crippen molar-refractivity contribution >= 4 is 5.78 Å². The van der Waals surface area contributed by atoms with Crippen LogP contribution >= 0.6 is 0 Å². The third-order valence-corrected chi connectivity index (χ3v) is 2.01. The smallest absolute Gasteiger partial charge is 0.134 e. The Morgan fingerprint density at radius 2 is 1.52 bits per heavy atom. The van der Waals surface area contributed by atoms with Crippen LogP contribution in [0.5, 0.6) is 0 Å². The molecule has 0 aliphatic carbocycles. The van der Waals surface area contributed by atoms with Crippen LogP contribution in [0.1, 0.15) is 26.3 Å². The van der Waals surface area contributed by atoms with Crippen LogP contribution in [-0.4, -0.2) is 41.4 Å². The van der Waals surface area contributed by atoms with Gasteiger partial charge in [-0.2, -0.15) is 0 Å². The fourth-order valence-electron chi connectivity index (χ4n) is 1.17. The van der Waals surface area contributed by atoms with E-state index in [1.807, 2.05) is 30.3 Å². The maximum absolute atomic E-state index is 10.6. The van der Waals surface area contributed by atoms with Gasteiger partial charge < -0.3 is 10.2 Å². The van der Waals surface area contributed by atoms with E-state index in [4.69, 9.17) is 10.2 Å². The quantitative estimate of drug-likeness (QED) is 0.429. The van der Waals surface area contributed by atoms with Gasteiger partial charge in [-0.1, -0.05) is 35.4 Å². The molecule has 2 N–H and O–H groups in total. The lowest BCUT2D eigenvalue weighted by atomic mass is 10.1. The SMILES string of the molecule is CC(=O)Cc1ccccc1.CC(O)COOOCC(C)O. The highest BCUT2D eigenvalue weighted by Crippen LogP contribution is 1.98. The van der Waals surface area contributed by atoms with Gasteiger partial charge in [0.1, 0.15) is 19.0 Å². The molecule has 0 bridgehead atoms. The number of carbonyl (C=O) groups excluding carboxylic acids is 1.